The van der Waals surface area contributed by atoms with Crippen molar-refractivity contribution in [3.05, 3.63) is 23.8 Å². The first-order chi connectivity index (χ1) is 15.0. The highest BCUT2D eigenvalue weighted by Gasteiger charge is 2.39. The second-order valence-corrected chi connectivity index (χ2v) is 9.79. The molecule has 2 amide bonds. The molecule has 0 aromatic rings. The lowest BCUT2D eigenvalue weighted by atomic mass is 9.76. The fraction of sp³-hybridized carbons (Fsp3) is 0.760. The van der Waals surface area contributed by atoms with Crippen LogP contribution in [0.2, 0.25) is 0 Å². The minimum absolute atomic E-state index is 0.0456. The molecule has 3 rings (SSSR count). The number of nitrogens with one attached hydrogen (secondary N) is 1. The van der Waals surface area contributed by atoms with Crippen molar-refractivity contribution < 1.29 is 9.59 Å². The van der Waals surface area contributed by atoms with Gasteiger partial charge in [-0.25, -0.2) is 4.79 Å². The van der Waals surface area contributed by atoms with Gasteiger partial charge in [-0.3, -0.25) is 9.69 Å². The van der Waals surface area contributed by atoms with Crippen LogP contribution in [-0.4, -0.2) is 85.4 Å². The van der Waals surface area contributed by atoms with E-state index in [1.54, 1.807) is 0 Å². The number of carbonyl (C=O) groups excluding carboxylic acids is 2. The lowest BCUT2D eigenvalue weighted by molar-refractivity contribution is -0.124. The summed E-state index contributed by atoms with van der Waals surface area (Å²) in [4.78, 5) is 32.0. The number of carbonyl (C=O) groups is 2. The highest BCUT2D eigenvalue weighted by molar-refractivity contribution is 5.79. The van der Waals surface area contributed by atoms with Crippen LogP contribution in [-0.2, 0) is 4.79 Å². The summed E-state index contributed by atoms with van der Waals surface area (Å²) in [5, 5.41) is 3.34. The number of likely N-dealkylation sites (N-methyl/N-ethyl adjacent to an activating group) is 1. The highest BCUT2D eigenvalue weighted by atomic mass is 16.2. The summed E-state index contributed by atoms with van der Waals surface area (Å²) in [5.74, 6) is 0.783. The third-order valence-corrected chi connectivity index (χ3v) is 6.95. The van der Waals surface area contributed by atoms with Gasteiger partial charge in [0.25, 0.3) is 0 Å². The van der Waals surface area contributed by atoms with E-state index in [0.717, 1.165) is 77.7 Å². The summed E-state index contributed by atoms with van der Waals surface area (Å²) in [7, 11) is 4.10. The van der Waals surface area contributed by atoms with Crippen molar-refractivity contribution in [3.8, 4) is 0 Å². The number of hydrogen-bond acceptors (Lipinski definition) is 4. The molecular weight excluding hydrogens is 388 g/mol. The SMILES string of the molecule is CCCN1C[C@@H](NC(=O)N(CCC2=CCCC=C2)CCN(C)C)C[C@@H]2CC(=O)CC[C@H]21. The predicted octanol–water partition coefficient (Wildman–Crippen LogP) is 3.45. The van der Waals surface area contributed by atoms with E-state index in [1.807, 2.05) is 19.0 Å². The van der Waals surface area contributed by atoms with Crippen LogP contribution in [0.4, 0.5) is 4.79 Å². The van der Waals surface area contributed by atoms with E-state index in [1.165, 1.54) is 5.57 Å². The molecule has 1 heterocycles. The zero-order valence-electron chi connectivity index (χ0n) is 19.8. The Morgan fingerprint density at radius 3 is 2.77 bits per heavy atom. The zero-order valence-corrected chi connectivity index (χ0v) is 19.8. The van der Waals surface area contributed by atoms with Crippen molar-refractivity contribution in [2.24, 2.45) is 5.92 Å². The molecule has 0 aromatic carbocycles. The highest BCUT2D eigenvalue weighted by Crippen LogP contribution is 2.34. The van der Waals surface area contributed by atoms with Crippen LogP contribution in [0.25, 0.3) is 0 Å². The number of piperidine rings is 1. The number of Topliss-reactive ketones (excluding diaryl/α,β-unsaturated/α-hetero) is 1. The molecular formula is C25H42N4O2. The number of allylic oxidation sites excluding steroid dienone is 3. The lowest BCUT2D eigenvalue weighted by Gasteiger charge is -2.47. The van der Waals surface area contributed by atoms with Crippen molar-refractivity contribution in [2.45, 2.75) is 70.4 Å². The largest absolute Gasteiger partial charge is 0.334 e. The Hall–Kier alpha value is -1.66. The van der Waals surface area contributed by atoms with Gasteiger partial charge in [0, 0.05) is 51.1 Å². The molecule has 1 saturated heterocycles. The van der Waals surface area contributed by atoms with Crippen molar-refractivity contribution in [1.29, 1.82) is 0 Å². The van der Waals surface area contributed by atoms with Gasteiger partial charge < -0.3 is 15.1 Å². The number of fused-ring (bicyclic) bond motifs is 1. The van der Waals surface area contributed by atoms with Crippen LogP contribution in [0, 0.1) is 5.92 Å². The van der Waals surface area contributed by atoms with E-state index in [4.69, 9.17) is 0 Å². The third kappa shape index (κ3) is 7.18. The Kier molecular flexibility index (Phi) is 9.15. The van der Waals surface area contributed by atoms with Crippen molar-refractivity contribution >= 4 is 11.8 Å². The molecule has 1 N–H and O–H groups in total. The van der Waals surface area contributed by atoms with E-state index in [-0.39, 0.29) is 12.1 Å². The summed E-state index contributed by atoms with van der Waals surface area (Å²) in [6, 6.07) is 0.687. The first kappa shape index (κ1) is 24.0. The molecule has 0 radical (unpaired) electrons. The molecule has 1 saturated carbocycles. The Morgan fingerprint density at radius 2 is 2.06 bits per heavy atom. The average molecular weight is 431 g/mol. The van der Waals surface area contributed by atoms with Crippen LogP contribution in [0.1, 0.15) is 58.3 Å². The average Bonchev–Trinajstić information content (AvgIpc) is 2.74. The fourth-order valence-electron chi connectivity index (χ4n) is 5.32. The van der Waals surface area contributed by atoms with Gasteiger partial charge in [0.2, 0.25) is 0 Å². The number of hydrogen-bond donors (Lipinski definition) is 1. The minimum atomic E-state index is 0.0456. The topological polar surface area (TPSA) is 55.9 Å². The van der Waals surface area contributed by atoms with Gasteiger partial charge in [-0.1, -0.05) is 30.7 Å². The van der Waals surface area contributed by atoms with E-state index >= 15 is 0 Å². The van der Waals surface area contributed by atoms with Gasteiger partial charge in [0.05, 0.1) is 0 Å². The molecule has 6 nitrogen and oxygen atoms in total. The third-order valence-electron chi connectivity index (χ3n) is 6.95. The lowest BCUT2D eigenvalue weighted by Crippen LogP contribution is -2.59. The maximum absolute atomic E-state index is 13.3. The zero-order chi connectivity index (χ0) is 22.2. The Morgan fingerprint density at radius 1 is 1.23 bits per heavy atom. The summed E-state index contributed by atoms with van der Waals surface area (Å²) in [6.45, 7) is 6.49. The monoisotopic (exact) mass is 430 g/mol. The van der Waals surface area contributed by atoms with Gasteiger partial charge in [-0.15, -0.1) is 0 Å². The number of ketones is 1. The molecule has 3 aliphatic rings. The quantitative estimate of drug-likeness (QED) is 0.609. The van der Waals surface area contributed by atoms with Crippen LogP contribution in [0.5, 0.6) is 0 Å². The maximum Gasteiger partial charge on any atom is 0.317 e. The second-order valence-electron chi connectivity index (χ2n) is 9.79. The number of likely N-dealkylation sites (tertiary alicyclic amines) is 1. The van der Waals surface area contributed by atoms with E-state index in [0.29, 0.717) is 24.2 Å². The van der Waals surface area contributed by atoms with Crippen molar-refractivity contribution in [3.63, 3.8) is 0 Å². The number of nitrogens with zero attached hydrogens (tertiary/aromatic N) is 3. The number of amides is 2. The number of rotatable bonds is 9. The molecule has 0 bridgehead atoms. The smallest absolute Gasteiger partial charge is 0.317 e. The van der Waals surface area contributed by atoms with Gasteiger partial charge in [-0.2, -0.15) is 0 Å². The standard InChI is InChI=1S/C25H42N4O2/c1-4-13-29-19-22(17-21-18-23(30)10-11-24(21)29)26-25(31)28(16-15-27(2)3)14-12-20-8-6-5-7-9-20/h6,8-9,21-22,24H,4-5,7,10-19H2,1-3H3,(H,26,31)/t21-,22+,24-/m1/s1. The first-order valence-electron chi connectivity index (χ1n) is 12.3. The molecule has 0 spiro atoms. The Balaban J connectivity index is 1.60. The molecule has 174 valence electrons. The normalized spacial score (nSPS) is 26.5. The molecule has 6 heteroatoms. The number of urea groups is 1. The molecule has 2 fully saturated rings. The van der Waals surface area contributed by atoms with Gasteiger partial charge in [-0.05, 0) is 65.1 Å². The fourth-order valence-corrected chi connectivity index (χ4v) is 5.32. The predicted molar refractivity (Wildman–Crippen MR) is 126 cm³/mol. The Labute approximate surface area is 188 Å². The minimum Gasteiger partial charge on any atom is -0.334 e. The molecule has 1 aliphatic heterocycles. The van der Waals surface area contributed by atoms with E-state index in [2.05, 4.69) is 40.3 Å². The molecule has 2 aliphatic carbocycles. The molecule has 0 aromatic heterocycles. The van der Waals surface area contributed by atoms with Crippen LogP contribution in [0.15, 0.2) is 23.8 Å². The van der Waals surface area contributed by atoms with Gasteiger partial charge in [0.1, 0.15) is 5.78 Å². The summed E-state index contributed by atoms with van der Waals surface area (Å²) < 4.78 is 0. The summed E-state index contributed by atoms with van der Waals surface area (Å²) in [5.41, 5.74) is 1.34. The van der Waals surface area contributed by atoms with Crippen LogP contribution in [0.3, 0.4) is 0 Å². The van der Waals surface area contributed by atoms with Crippen LogP contribution < -0.4 is 5.32 Å². The van der Waals surface area contributed by atoms with Gasteiger partial charge in [0.15, 0.2) is 0 Å². The van der Waals surface area contributed by atoms with Crippen molar-refractivity contribution in [1.82, 2.24) is 20.0 Å². The molecule has 31 heavy (non-hydrogen) atoms. The summed E-state index contributed by atoms with van der Waals surface area (Å²) >= 11 is 0. The maximum atomic E-state index is 13.3. The molecule has 0 unspecified atom stereocenters. The van der Waals surface area contributed by atoms with Gasteiger partial charge >= 0.3 is 6.03 Å². The Bertz CT molecular complexity index is 672. The first-order valence-corrected chi connectivity index (χ1v) is 12.3. The summed E-state index contributed by atoms with van der Waals surface area (Å²) in [6.07, 6.45) is 14.3. The van der Waals surface area contributed by atoms with E-state index in [9.17, 15) is 9.59 Å². The second kappa shape index (κ2) is 11.8. The van der Waals surface area contributed by atoms with Crippen molar-refractivity contribution in [2.75, 3.05) is 46.8 Å². The molecule has 3 atom stereocenters. The van der Waals surface area contributed by atoms with Crippen LogP contribution >= 0.6 is 0 Å². The van der Waals surface area contributed by atoms with E-state index < -0.39 is 0 Å².